The second-order valence-electron chi connectivity index (χ2n) is 5.47. The van der Waals surface area contributed by atoms with Gasteiger partial charge in [-0.05, 0) is 29.3 Å². The van der Waals surface area contributed by atoms with Crippen LogP contribution in [-0.2, 0) is 11.5 Å². The topological polar surface area (TPSA) is 102 Å². The van der Waals surface area contributed by atoms with Crippen molar-refractivity contribution in [1.82, 2.24) is 15.0 Å². The van der Waals surface area contributed by atoms with Crippen molar-refractivity contribution in [1.29, 1.82) is 0 Å². The maximum absolute atomic E-state index is 13.7. The van der Waals surface area contributed by atoms with Crippen molar-refractivity contribution >= 4 is 29.4 Å². The average Bonchev–Trinajstić information content (AvgIpc) is 2.65. The number of H-pyrrole nitrogens is 1. The van der Waals surface area contributed by atoms with E-state index in [9.17, 15) is 14.0 Å². The van der Waals surface area contributed by atoms with Gasteiger partial charge in [0.15, 0.2) is 10.3 Å². The number of hydrogen-bond acceptors (Lipinski definition) is 6. The summed E-state index contributed by atoms with van der Waals surface area (Å²) in [4.78, 5) is 33.7. The fourth-order valence-corrected chi connectivity index (χ4v) is 3.88. The molecule has 0 aliphatic rings. The van der Waals surface area contributed by atoms with E-state index in [-0.39, 0.29) is 5.82 Å². The summed E-state index contributed by atoms with van der Waals surface area (Å²) in [6.07, 6.45) is 0. The van der Waals surface area contributed by atoms with E-state index in [0.717, 1.165) is 5.56 Å². The van der Waals surface area contributed by atoms with Gasteiger partial charge in [-0.3, -0.25) is 9.78 Å². The molecule has 0 atom stereocenters. The average molecular weight is 402 g/mol. The summed E-state index contributed by atoms with van der Waals surface area (Å²) >= 11 is 2.49. The quantitative estimate of drug-likeness (QED) is 0.589. The standard InChI is InChI=1S/C18H15FN4O2S2/c19-14-7-2-1-5-13(14)10-27-18-22-16(25)21-17(23-18)26-9-11-4-3-6-12(8-11)15(20)24/h1-8H,9-10H2,(H2,20,24)(H,21,22,23,25). The van der Waals surface area contributed by atoms with E-state index in [1.165, 1.54) is 29.6 Å². The third-order valence-electron chi connectivity index (χ3n) is 3.51. The molecule has 0 aliphatic carbocycles. The number of aromatic nitrogens is 3. The lowest BCUT2D eigenvalue weighted by Crippen LogP contribution is -2.14. The Morgan fingerprint density at radius 3 is 2.67 bits per heavy atom. The number of benzene rings is 2. The molecule has 6 nitrogen and oxygen atoms in total. The maximum atomic E-state index is 13.7. The fourth-order valence-electron chi connectivity index (χ4n) is 2.20. The Hall–Kier alpha value is -2.65. The van der Waals surface area contributed by atoms with Gasteiger partial charge in [0.2, 0.25) is 5.91 Å². The molecule has 0 saturated carbocycles. The van der Waals surface area contributed by atoms with Crippen molar-refractivity contribution in [3.63, 3.8) is 0 Å². The molecule has 0 radical (unpaired) electrons. The number of thioether (sulfide) groups is 2. The Morgan fingerprint density at radius 1 is 1.07 bits per heavy atom. The van der Waals surface area contributed by atoms with Crippen LogP contribution in [0.3, 0.4) is 0 Å². The lowest BCUT2D eigenvalue weighted by atomic mass is 10.1. The lowest BCUT2D eigenvalue weighted by molar-refractivity contribution is 0.1000. The minimum atomic E-state index is -0.519. The van der Waals surface area contributed by atoms with Gasteiger partial charge in [-0.1, -0.05) is 53.9 Å². The summed E-state index contributed by atoms with van der Waals surface area (Å²) in [5.41, 5.74) is 6.56. The summed E-state index contributed by atoms with van der Waals surface area (Å²) in [5.74, 6) is 0.0123. The second-order valence-corrected chi connectivity index (χ2v) is 7.38. The number of rotatable bonds is 7. The minimum Gasteiger partial charge on any atom is -0.366 e. The normalized spacial score (nSPS) is 10.7. The van der Waals surface area contributed by atoms with E-state index >= 15 is 0 Å². The van der Waals surface area contributed by atoms with Gasteiger partial charge in [-0.25, -0.2) is 9.18 Å². The Labute approximate surface area is 162 Å². The summed E-state index contributed by atoms with van der Waals surface area (Å²) in [5, 5.41) is 0.672. The molecular weight excluding hydrogens is 387 g/mol. The number of hydrogen-bond donors (Lipinski definition) is 2. The number of nitrogens with one attached hydrogen (secondary N) is 1. The van der Waals surface area contributed by atoms with E-state index in [2.05, 4.69) is 15.0 Å². The molecule has 3 rings (SSSR count). The molecule has 0 bridgehead atoms. The van der Waals surface area contributed by atoms with Crippen LogP contribution < -0.4 is 11.4 Å². The van der Waals surface area contributed by atoms with Gasteiger partial charge in [0.1, 0.15) is 5.82 Å². The second kappa shape index (κ2) is 8.83. The summed E-state index contributed by atoms with van der Waals surface area (Å²) in [6, 6.07) is 13.4. The summed E-state index contributed by atoms with van der Waals surface area (Å²) < 4.78 is 13.7. The zero-order chi connectivity index (χ0) is 19.2. The number of nitrogens with zero attached hydrogens (tertiary/aromatic N) is 2. The molecule has 27 heavy (non-hydrogen) atoms. The molecule has 3 N–H and O–H groups in total. The number of carbonyl (C=O) groups excluding carboxylic acids is 1. The van der Waals surface area contributed by atoms with Gasteiger partial charge >= 0.3 is 5.69 Å². The van der Waals surface area contributed by atoms with Crippen molar-refractivity contribution in [3.8, 4) is 0 Å². The van der Waals surface area contributed by atoms with Gasteiger partial charge in [0.25, 0.3) is 0 Å². The van der Waals surface area contributed by atoms with Crippen LogP contribution in [0.5, 0.6) is 0 Å². The molecule has 1 aromatic heterocycles. The molecule has 1 amide bonds. The van der Waals surface area contributed by atoms with Crippen LogP contribution in [0.2, 0.25) is 0 Å². The van der Waals surface area contributed by atoms with Gasteiger partial charge in [0.05, 0.1) is 0 Å². The first-order chi connectivity index (χ1) is 13.0. The Bertz CT molecular complexity index is 1030. The highest BCUT2D eigenvalue weighted by Gasteiger charge is 2.08. The van der Waals surface area contributed by atoms with Crippen molar-refractivity contribution < 1.29 is 9.18 Å². The molecule has 0 spiro atoms. The fraction of sp³-hybridized carbons (Fsp3) is 0.111. The van der Waals surface area contributed by atoms with Gasteiger partial charge in [0, 0.05) is 17.1 Å². The van der Waals surface area contributed by atoms with E-state index in [4.69, 9.17) is 5.73 Å². The van der Waals surface area contributed by atoms with Gasteiger partial charge in [-0.2, -0.15) is 9.97 Å². The van der Waals surface area contributed by atoms with Crippen LogP contribution in [0, 0.1) is 5.82 Å². The minimum absolute atomic E-state index is 0.301. The van der Waals surface area contributed by atoms with Gasteiger partial charge < -0.3 is 5.73 Å². The first-order valence-electron chi connectivity index (χ1n) is 7.87. The highest BCUT2D eigenvalue weighted by Crippen LogP contribution is 2.23. The number of aromatic amines is 1. The van der Waals surface area contributed by atoms with E-state index in [0.29, 0.717) is 32.9 Å². The van der Waals surface area contributed by atoms with Crippen molar-refractivity contribution in [2.75, 3.05) is 0 Å². The molecule has 0 fully saturated rings. The number of halogens is 1. The van der Waals surface area contributed by atoms with Crippen LogP contribution in [0.25, 0.3) is 0 Å². The molecule has 3 aromatic rings. The number of amides is 1. The van der Waals surface area contributed by atoms with Gasteiger partial charge in [-0.15, -0.1) is 0 Å². The molecule has 1 heterocycles. The molecule has 0 saturated heterocycles. The number of nitrogens with two attached hydrogens (primary N) is 1. The van der Waals surface area contributed by atoms with Crippen molar-refractivity contribution in [2.45, 2.75) is 21.8 Å². The van der Waals surface area contributed by atoms with E-state index in [1.807, 2.05) is 6.07 Å². The first-order valence-corrected chi connectivity index (χ1v) is 9.84. The highest BCUT2D eigenvalue weighted by atomic mass is 32.2. The van der Waals surface area contributed by atoms with Crippen LogP contribution in [0.15, 0.2) is 63.6 Å². The van der Waals surface area contributed by atoms with Crippen LogP contribution in [-0.4, -0.2) is 20.9 Å². The van der Waals surface area contributed by atoms with Crippen LogP contribution >= 0.6 is 23.5 Å². The van der Waals surface area contributed by atoms with Crippen molar-refractivity contribution in [2.24, 2.45) is 5.73 Å². The van der Waals surface area contributed by atoms with Crippen LogP contribution in [0.4, 0.5) is 4.39 Å². The molecule has 9 heteroatoms. The monoisotopic (exact) mass is 402 g/mol. The van der Waals surface area contributed by atoms with E-state index in [1.54, 1.807) is 36.4 Å². The molecular formula is C18H15FN4O2S2. The number of primary amides is 1. The highest BCUT2D eigenvalue weighted by molar-refractivity contribution is 7.99. The SMILES string of the molecule is NC(=O)c1cccc(CSc2nc(SCc3ccccc3F)[nH]c(=O)n2)c1. The first kappa shape index (κ1) is 19.1. The molecule has 0 aliphatic heterocycles. The molecule has 2 aromatic carbocycles. The lowest BCUT2D eigenvalue weighted by Gasteiger charge is -2.05. The zero-order valence-corrected chi connectivity index (χ0v) is 15.6. The third-order valence-corrected chi connectivity index (χ3v) is 5.35. The number of carbonyl (C=O) groups is 1. The summed E-state index contributed by atoms with van der Waals surface area (Å²) in [6.45, 7) is 0. The van der Waals surface area contributed by atoms with E-state index < -0.39 is 11.6 Å². The molecule has 138 valence electrons. The smallest absolute Gasteiger partial charge is 0.349 e. The third kappa shape index (κ3) is 5.41. The largest absolute Gasteiger partial charge is 0.366 e. The zero-order valence-electron chi connectivity index (χ0n) is 14.0. The predicted octanol–water partition coefficient (Wildman–Crippen LogP) is 2.99. The Kier molecular flexibility index (Phi) is 6.25. The van der Waals surface area contributed by atoms with Crippen LogP contribution in [0.1, 0.15) is 21.5 Å². The maximum Gasteiger partial charge on any atom is 0.349 e. The Balaban J connectivity index is 1.68. The predicted molar refractivity (Wildman–Crippen MR) is 103 cm³/mol. The van der Waals surface area contributed by atoms with Crippen molar-refractivity contribution in [3.05, 3.63) is 81.5 Å². The summed E-state index contributed by atoms with van der Waals surface area (Å²) in [7, 11) is 0. The molecule has 0 unspecified atom stereocenters. The Morgan fingerprint density at radius 2 is 1.89 bits per heavy atom.